The van der Waals surface area contributed by atoms with E-state index in [9.17, 15) is 13.2 Å². The highest BCUT2D eigenvalue weighted by molar-refractivity contribution is 5.79. The molecule has 120 valence electrons. The van der Waals surface area contributed by atoms with Gasteiger partial charge in [-0.3, -0.25) is 9.67 Å². The average Bonchev–Trinajstić information content (AvgIpc) is 2.79. The zero-order valence-corrected chi connectivity index (χ0v) is 12.6. The number of hydrogen-bond acceptors (Lipinski definition) is 2. The van der Waals surface area contributed by atoms with Crippen molar-refractivity contribution in [2.24, 2.45) is 12.0 Å². The molecule has 0 aliphatic carbocycles. The van der Waals surface area contributed by atoms with Crippen molar-refractivity contribution in [3.63, 3.8) is 0 Å². The number of hydrogen-bond donors (Lipinski definition) is 2. The third-order valence-electron chi connectivity index (χ3n) is 2.92. The number of aromatic nitrogens is 2. The fourth-order valence-electron chi connectivity index (χ4n) is 1.89. The van der Waals surface area contributed by atoms with Crippen LogP contribution in [-0.4, -0.2) is 29.3 Å². The van der Waals surface area contributed by atoms with Gasteiger partial charge >= 0.3 is 6.18 Å². The predicted octanol–water partition coefficient (Wildman–Crippen LogP) is 2.29. The Morgan fingerprint density at radius 3 is 2.62 bits per heavy atom. The highest BCUT2D eigenvalue weighted by Gasteiger charge is 2.36. The van der Waals surface area contributed by atoms with Gasteiger partial charge in [0, 0.05) is 38.9 Å². The van der Waals surface area contributed by atoms with Crippen molar-refractivity contribution < 1.29 is 13.2 Å². The Balaban J connectivity index is 2.57. The van der Waals surface area contributed by atoms with Crippen LogP contribution in [0.15, 0.2) is 11.2 Å². The van der Waals surface area contributed by atoms with Crippen LogP contribution >= 0.6 is 0 Å². The maximum atomic E-state index is 12.8. The predicted molar refractivity (Wildman–Crippen MR) is 75.9 cm³/mol. The van der Waals surface area contributed by atoms with Crippen LogP contribution in [0.4, 0.5) is 13.2 Å². The normalized spacial score (nSPS) is 12.6. The average molecular weight is 305 g/mol. The van der Waals surface area contributed by atoms with E-state index in [1.807, 2.05) is 0 Å². The first-order chi connectivity index (χ1) is 9.88. The molecule has 0 aliphatic rings. The number of nitrogens with zero attached hydrogens (tertiary/aromatic N) is 3. The molecule has 0 saturated carbocycles. The molecule has 0 aromatic carbocycles. The minimum absolute atomic E-state index is 0.0239. The number of nitrogens with one attached hydrogen (secondary N) is 2. The van der Waals surface area contributed by atoms with E-state index in [2.05, 4.69) is 27.6 Å². The van der Waals surface area contributed by atoms with Crippen molar-refractivity contribution >= 4 is 5.96 Å². The Morgan fingerprint density at radius 1 is 1.33 bits per heavy atom. The van der Waals surface area contributed by atoms with Crippen molar-refractivity contribution in [3.05, 3.63) is 17.5 Å². The SMILES string of the molecule is CCCCCNC(=NC)NCc1cn(C)nc1C(F)(F)F. The summed E-state index contributed by atoms with van der Waals surface area (Å²) in [6.45, 7) is 2.87. The first-order valence-corrected chi connectivity index (χ1v) is 6.92. The number of unbranched alkanes of at least 4 members (excludes halogenated alkanes) is 2. The van der Waals surface area contributed by atoms with Crippen LogP contribution in [0.25, 0.3) is 0 Å². The Labute approximate surface area is 122 Å². The van der Waals surface area contributed by atoms with Crippen molar-refractivity contribution in [1.29, 1.82) is 0 Å². The highest BCUT2D eigenvalue weighted by Crippen LogP contribution is 2.30. The molecule has 0 atom stereocenters. The summed E-state index contributed by atoms with van der Waals surface area (Å²) >= 11 is 0. The van der Waals surface area contributed by atoms with Gasteiger partial charge in [0.1, 0.15) is 0 Å². The Hall–Kier alpha value is -1.73. The van der Waals surface area contributed by atoms with Crippen molar-refractivity contribution in [2.75, 3.05) is 13.6 Å². The van der Waals surface area contributed by atoms with Crippen LogP contribution in [0, 0.1) is 0 Å². The van der Waals surface area contributed by atoms with Gasteiger partial charge in [-0.2, -0.15) is 18.3 Å². The standard InChI is InChI=1S/C13H22F3N5/c1-4-5-6-7-18-12(17-2)19-8-10-9-21(3)20-11(10)13(14,15)16/h9H,4-8H2,1-3H3,(H2,17,18,19). The van der Waals surface area contributed by atoms with Gasteiger partial charge in [-0.05, 0) is 6.42 Å². The molecule has 21 heavy (non-hydrogen) atoms. The lowest BCUT2D eigenvalue weighted by Gasteiger charge is -2.12. The second kappa shape index (κ2) is 7.90. The van der Waals surface area contributed by atoms with E-state index in [1.165, 1.54) is 13.2 Å². The minimum Gasteiger partial charge on any atom is -0.356 e. The van der Waals surface area contributed by atoms with Crippen LogP contribution < -0.4 is 10.6 Å². The fraction of sp³-hybridized carbons (Fsp3) is 0.692. The van der Waals surface area contributed by atoms with E-state index in [1.54, 1.807) is 7.05 Å². The molecule has 0 fully saturated rings. The molecule has 1 rings (SSSR count). The van der Waals surface area contributed by atoms with Gasteiger partial charge in [0.15, 0.2) is 11.7 Å². The van der Waals surface area contributed by atoms with E-state index in [-0.39, 0.29) is 12.1 Å². The van der Waals surface area contributed by atoms with Gasteiger partial charge in [0.05, 0.1) is 0 Å². The van der Waals surface area contributed by atoms with Gasteiger partial charge in [-0.15, -0.1) is 0 Å². The molecule has 1 heterocycles. The maximum Gasteiger partial charge on any atom is 0.435 e. The maximum absolute atomic E-state index is 12.8. The first kappa shape index (κ1) is 17.3. The largest absolute Gasteiger partial charge is 0.435 e. The molecule has 0 aliphatic heterocycles. The lowest BCUT2D eigenvalue weighted by molar-refractivity contribution is -0.142. The van der Waals surface area contributed by atoms with Crippen LogP contribution in [0.1, 0.15) is 37.4 Å². The van der Waals surface area contributed by atoms with E-state index >= 15 is 0 Å². The molecule has 0 unspecified atom stereocenters. The third-order valence-corrected chi connectivity index (χ3v) is 2.92. The summed E-state index contributed by atoms with van der Waals surface area (Å²) in [5, 5.41) is 9.41. The highest BCUT2D eigenvalue weighted by atomic mass is 19.4. The Morgan fingerprint density at radius 2 is 2.05 bits per heavy atom. The van der Waals surface area contributed by atoms with Crippen LogP contribution in [0.5, 0.6) is 0 Å². The monoisotopic (exact) mass is 305 g/mol. The summed E-state index contributed by atoms with van der Waals surface area (Å²) in [7, 11) is 3.06. The molecule has 1 aromatic rings. The van der Waals surface area contributed by atoms with Gasteiger partial charge < -0.3 is 10.6 Å². The first-order valence-electron chi connectivity index (χ1n) is 6.92. The van der Waals surface area contributed by atoms with Crippen LogP contribution in [0.2, 0.25) is 0 Å². The zero-order chi connectivity index (χ0) is 15.9. The Bertz CT molecular complexity index is 465. The lowest BCUT2D eigenvalue weighted by atomic mass is 10.2. The molecular weight excluding hydrogens is 283 g/mol. The lowest BCUT2D eigenvalue weighted by Crippen LogP contribution is -2.37. The molecule has 0 spiro atoms. The Kier molecular flexibility index (Phi) is 6.51. The van der Waals surface area contributed by atoms with Gasteiger partial charge in [-0.1, -0.05) is 19.8 Å². The van der Waals surface area contributed by atoms with E-state index in [0.29, 0.717) is 5.96 Å². The summed E-state index contributed by atoms with van der Waals surface area (Å²) in [6.07, 6.45) is 0.123. The van der Waals surface area contributed by atoms with E-state index in [4.69, 9.17) is 0 Å². The summed E-state index contributed by atoms with van der Waals surface area (Å²) in [5.74, 6) is 0.489. The smallest absolute Gasteiger partial charge is 0.356 e. The van der Waals surface area contributed by atoms with Crippen molar-refractivity contribution in [2.45, 2.75) is 38.9 Å². The van der Waals surface area contributed by atoms with Gasteiger partial charge in [0.2, 0.25) is 0 Å². The number of halogens is 3. The quantitative estimate of drug-likeness (QED) is 0.482. The second-order valence-corrected chi connectivity index (χ2v) is 4.73. The molecule has 0 saturated heterocycles. The minimum atomic E-state index is -4.45. The summed E-state index contributed by atoms with van der Waals surface area (Å²) in [6, 6.07) is 0. The molecule has 1 aromatic heterocycles. The zero-order valence-electron chi connectivity index (χ0n) is 12.6. The summed E-state index contributed by atoms with van der Waals surface area (Å²) in [5.41, 5.74) is -0.763. The number of rotatable bonds is 6. The molecular formula is C13H22F3N5. The van der Waals surface area contributed by atoms with E-state index < -0.39 is 11.9 Å². The molecule has 5 nitrogen and oxygen atoms in total. The third kappa shape index (κ3) is 5.65. The molecule has 0 bridgehead atoms. The number of aryl methyl sites for hydroxylation is 1. The number of aliphatic imine (C=N–C) groups is 1. The number of alkyl halides is 3. The van der Waals surface area contributed by atoms with Crippen molar-refractivity contribution in [3.8, 4) is 0 Å². The molecule has 2 N–H and O–H groups in total. The van der Waals surface area contributed by atoms with Crippen molar-refractivity contribution in [1.82, 2.24) is 20.4 Å². The summed E-state index contributed by atoms with van der Waals surface area (Å²) < 4.78 is 39.6. The van der Waals surface area contributed by atoms with Crippen LogP contribution in [-0.2, 0) is 19.8 Å². The fourth-order valence-corrected chi connectivity index (χ4v) is 1.89. The topological polar surface area (TPSA) is 54.2 Å². The summed E-state index contributed by atoms with van der Waals surface area (Å²) in [4.78, 5) is 3.99. The number of guanidine groups is 1. The molecule has 8 heteroatoms. The van der Waals surface area contributed by atoms with Gasteiger partial charge in [-0.25, -0.2) is 0 Å². The molecule has 0 amide bonds. The second-order valence-electron chi connectivity index (χ2n) is 4.73. The van der Waals surface area contributed by atoms with Gasteiger partial charge in [0.25, 0.3) is 0 Å². The molecule has 0 radical (unpaired) electrons. The van der Waals surface area contributed by atoms with Crippen LogP contribution in [0.3, 0.4) is 0 Å². The van der Waals surface area contributed by atoms with E-state index in [0.717, 1.165) is 30.5 Å².